The van der Waals surface area contributed by atoms with Crippen molar-refractivity contribution in [3.63, 3.8) is 0 Å². The lowest BCUT2D eigenvalue weighted by Crippen LogP contribution is -2.43. The van der Waals surface area contributed by atoms with Gasteiger partial charge < -0.3 is 4.90 Å². The second-order valence-electron chi connectivity index (χ2n) is 11.2. The van der Waals surface area contributed by atoms with Crippen molar-refractivity contribution in [3.05, 3.63) is 99.7 Å². The molecule has 0 radical (unpaired) electrons. The molecule has 38 heavy (non-hydrogen) atoms. The molecule has 1 heterocycles. The molecule has 2 atom stereocenters. The number of hydrogen-bond donors (Lipinski definition) is 1. The summed E-state index contributed by atoms with van der Waals surface area (Å²) in [6, 6.07) is 21.1. The van der Waals surface area contributed by atoms with Gasteiger partial charge in [-0.25, -0.2) is 5.01 Å². The van der Waals surface area contributed by atoms with Crippen LogP contribution >= 0.6 is 0 Å². The Balaban J connectivity index is 1.39. The number of hydrogen-bond acceptors (Lipinski definition) is 4. The number of rotatable bonds is 9. The predicted octanol–water partition coefficient (Wildman–Crippen LogP) is 7.60. The topological polar surface area (TPSA) is 56.3 Å². The van der Waals surface area contributed by atoms with E-state index in [9.17, 15) is 5.26 Å². The maximum atomic E-state index is 10.3. The van der Waals surface area contributed by atoms with Crippen molar-refractivity contribution in [2.75, 3.05) is 0 Å². The third-order valence-electron chi connectivity index (χ3n) is 8.83. The average Bonchev–Trinajstić information content (AvgIpc) is 3.06. The number of aryl methyl sites for hydroxylation is 1. The van der Waals surface area contributed by atoms with Gasteiger partial charge in [0.05, 0.1) is 17.3 Å². The third-order valence-corrected chi connectivity index (χ3v) is 8.83. The maximum Gasteiger partial charge on any atom is 0.102 e. The van der Waals surface area contributed by atoms with E-state index >= 15 is 0 Å². The SMILES string of the molecule is CCCC1=CC=C2C(C#N)=C(c3ccc(CN(N)C(C)c4ccc(CC)cc4)cc3)N(C3CCC3)C2CC1. The zero-order valence-electron chi connectivity index (χ0n) is 23.3. The van der Waals surface area contributed by atoms with Crippen LogP contribution in [0.5, 0.6) is 0 Å². The molecule has 0 aromatic heterocycles. The highest BCUT2D eigenvalue weighted by Gasteiger charge is 2.42. The molecule has 2 N–H and O–H groups in total. The van der Waals surface area contributed by atoms with E-state index in [1.54, 1.807) is 0 Å². The van der Waals surface area contributed by atoms with Gasteiger partial charge in [-0.3, -0.25) is 5.84 Å². The first-order valence-corrected chi connectivity index (χ1v) is 14.6. The van der Waals surface area contributed by atoms with E-state index in [2.05, 4.69) is 92.4 Å². The highest BCUT2D eigenvalue weighted by Crippen LogP contribution is 2.47. The summed E-state index contributed by atoms with van der Waals surface area (Å²) >= 11 is 0. The van der Waals surface area contributed by atoms with E-state index < -0.39 is 0 Å². The Morgan fingerprint density at radius 1 is 1.00 bits per heavy atom. The number of benzene rings is 2. The van der Waals surface area contributed by atoms with Crippen molar-refractivity contribution in [3.8, 4) is 6.07 Å². The molecule has 2 unspecified atom stereocenters. The Morgan fingerprint density at radius 2 is 1.71 bits per heavy atom. The first-order chi connectivity index (χ1) is 18.5. The summed E-state index contributed by atoms with van der Waals surface area (Å²) < 4.78 is 0. The van der Waals surface area contributed by atoms with E-state index in [1.165, 1.54) is 53.5 Å². The van der Waals surface area contributed by atoms with Crippen LogP contribution in [-0.2, 0) is 13.0 Å². The van der Waals surface area contributed by atoms with Gasteiger partial charge in [0, 0.05) is 18.6 Å². The fourth-order valence-electron chi connectivity index (χ4n) is 6.22. The molecule has 2 aromatic rings. The number of nitrogens with two attached hydrogens (primary N) is 1. The van der Waals surface area contributed by atoms with Crippen LogP contribution in [0.15, 0.2) is 77.4 Å². The molecule has 0 spiro atoms. The number of fused-ring (bicyclic) bond motifs is 1. The zero-order chi connectivity index (χ0) is 26.6. The molecular weight excluding hydrogens is 464 g/mol. The summed E-state index contributed by atoms with van der Waals surface area (Å²) in [5.74, 6) is 6.53. The molecule has 2 aromatic carbocycles. The van der Waals surface area contributed by atoms with E-state index in [-0.39, 0.29) is 6.04 Å². The summed E-state index contributed by atoms with van der Waals surface area (Å²) in [6.45, 7) is 7.26. The molecule has 2 aliphatic carbocycles. The second-order valence-corrected chi connectivity index (χ2v) is 11.2. The van der Waals surface area contributed by atoms with E-state index in [0.717, 1.165) is 42.5 Å². The van der Waals surface area contributed by atoms with Crippen LogP contribution in [0.25, 0.3) is 5.70 Å². The molecule has 3 aliphatic rings. The van der Waals surface area contributed by atoms with E-state index in [4.69, 9.17) is 5.84 Å². The van der Waals surface area contributed by atoms with Crippen LogP contribution in [0.3, 0.4) is 0 Å². The lowest BCUT2D eigenvalue weighted by molar-refractivity contribution is 0.167. The van der Waals surface area contributed by atoms with Crippen LogP contribution in [-0.4, -0.2) is 22.0 Å². The van der Waals surface area contributed by atoms with Gasteiger partial charge in [-0.2, -0.15) is 5.26 Å². The Morgan fingerprint density at radius 3 is 2.32 bits per heavy atom. The third kappa shape index (κ3) is 5.23. The van der Waals surface area contributed by atoms with Gasteiger partial charge in [-0.1, -0.05) is 86.5 Å². The van der Waals surface area contributed by atoms with E-state index in [1.807, 2.05) is 5.01 Å². The molecule has 0 saturated heterocycles. The molecule has 0 amide bonds. The highest BCUT2D eigenvalue weighted by atomic mass is 15.4. The fourth-order valence-corrected chi connectivity index (χ4v) is 6.22. The minimum atomic E-state index is 0.127. The molecule has 5 rings (SSSR count). The van der Waals surface area contributed by atoms with Gasteiger partial charge in [-0.15, -0.1) is 0 Å². The molecule has 1 saturated carbocycles. The molecule has 0 bridgehead atoms. The van der Waals surface area contributed by atoms with Crippen LogP contribution < -0.4 is 5.84 Å². The van der Waals surface area contributed by atoms with Crippen molar-refractivity contribution in [2.45, 2.75) is 96.8 Å². The number of hydrazine groups is 1. The van der Waals surface area contributed by atoms with E-state index in [0.29, 0.717) is 18.6 Å². The van der Waals surface area contributed by atoms with Crippen LogP contribution in [0, 0.1) is 11.3 Å². The van der Waals surface area contributed by atoms with Crippen molar-refractivity contribution in [2.24, 2.45) is 5.84 Å². The van der Waals surface area contributed by atoms with Gasteiger partial charge in [0.2, 0.25) is 0 Å². The van der Waals surface area contributed by atoms with Gasteiger partial charge in [0.15, 0.2) is 0 Å². The quantitative estimate of drug-likeness (QED) is 0.281. The standard InChI is InChI=1S/C34H42N4/c1-4-7-26-14-20-31-32(22-35)34(38(30-8-6-9-30)33(31)21-15-26)29-18-12-27(13-19-29)23-37(36)24(3)28-16-10-25(5-2)11-17-28/h10-14,16-20,24,30,33H,4-9,15,21,23,36H2,1-3H3. The Kier molecular flexibility index (Phi) is 8.17. The first-order valence-electron chi connectivity index (χ1n) is 14.6. The highest BCUT2D eigenvalue weighted by molar-refractivity contribution is 5.80. The van der Waals surface area contributed by atoms with Crippen LogP contribution in [0.4, 0.5) is 0 Å². The summed E-state index contributed by atoms with van der Waals surface area (Å²) in [5.41, 5.74) is 9.66. The maximum absolute atomic E-state index is 10.3. The van der Waals surface area contributed by atoms with Crippen molar-refractivity contribution >= 4 is 5.70 Å². The van der Waals surface area contributed by atoms with Crippen molar-refractivity contribution in [1.29, 1.82) is 5.26 Å². The molecular formula is C34H42N4. The average molecular weight is 507 g/mol. The van der Waals surface area contributed by atoms with Crippen molar-refractivity contribution < 1.29 is 0 Å². The molecule has 1 aliphatic heterocycles. The monoisotopic (exact) mass is 506 g/mol. The minimum Gasteiger partial charge on any atom is -0.360 e. The fraction of sp³-hybridized carbons (Fsp3) is 0.441. The van der Waals surface area contributed by atoms with Gasteiger partial charge in [-0.05, 0) is 79.7 Å². The Labute approximate surface area is 229 Å². The van der Waals surface area contributed by atoms with Crippen LogP contribution in [0.2, 0.25) is 0 Å². The van der Waals surface area contributed by atoms with Gasteiger partial charge in [0.1, 0.15) is 6.07 Å². The molecule has 1 fully saturated rings. The summed E-state index contributed by atoms with van der Waals surface area (Å²) in [7, 11) is 0. The minimum absolute atomic E-state index is 0.127. The molecule has 4 heteroatoms. The largest absolute Gasteiger partial charge is 0.360 e. The second kappa shape index (κ2) is 11.7. The smallest absolute Gasteiger partial charge is 0.102 e. The van der Waals surface area contributed by atoms with Gasteiger partial charge >= 0.3 is 0 Å². The zero-order valence-corrected chi connectivity index (χ0v) is 23.3. The van der Waals surface area contributed by atoms with Crippen LogP contribution in [0.1, 0.15) is 94.0 Å². The lowest BCUT2D eigenvalue weighted by Gasteiger charge is -2.42. The van der Waals surface area contributed by atoms with Gasteiger partial charge in [0.25, 0.3) is 0 Å². The normalized spacial score (nSPS) is 20.4. The Hall–Kier alpha value is -3.13. The predicted molar refractivity (Wildman–Crippen MR) is 157 cm³/mol. The summed E-state index contributed by atoms with van der Waals surface area (Å²) in [5, 5.41) is 12.3. The Bertz CT molecular complexity index is 1260. The number of allylic oxidation sites excluding steroid dienone is 3. The molecule has 198 valence electrons. The first kappa shape index (κ1) is 26.5. The lowest BCUT2D eigenvalue weighted by atomic mass is 9.89. The number of nitriles is 1. The summed E-state index contributed by atoms with van der Waals surface area (Å²) in [4.78, 5) is 2.61. The molecule has 4 nitrogen and oxygen atoms in total. The van der Waals surface area contributed by atoms with Crippen molar-refractivity contribution in [1.82, 2.24) is 9.91 Å². The summed E-state index contributed by atoms with van der Waals surface area (Å²) in [6.07, 6.45) is 13.9. The number of nitrogens with zero attached hydrogens (tertiary/aromatic N) is 3.